The Bertz CT molecular complexity index is 247. The van der Waals surface area contributed by atoms with Crippen molar-refractivity contribution >= 4 is 5.97 Å². The lowest BCUT2D eigenvalue weighted by atomic mass is 9.70. The quantitative estimate of drug-likeness (QED) is 0.711. The van der Waals surface area contributed by atoms with E-state index in [1.165, 1.54) is 0 Å². The van der Waals surface area contributed by atoms with E-state index in [9.17, 15) is 9.90 Å². The molecular formula is C11H18O3. The number of carboxylic acid groups (broad SMARTS) is 1. The highest BCUT2D eigenvalue weighted by Gasteiger charge is 2.64. The van der Waals surface area contributed by atoms with Crippen molar-refractivity contribution in [3.8, 4) is 0 Å². The fourth-order valence-corrected chi connectivity index (χ4v) is 2.72. The van der Waals surface area contributed by atoms with Crippen molar-refractivity contribution < 1.29 is 15.0 Å². The molecule has 2 saturated carbocycles. The van der Waals surface area contributed by atoms with Crippen molar-refractivity contribution in [3.63, 3.8) is 0 Å². The highest BCUT2D eigenvalue weighted by Crippen LogP contribution is 2.59. The number of hydrogen-bond donors (Lipinski definition) is 2. The Hall–Kier alpha value is -0.570. The predicted molar refractivity (Wildman–Crippen MR) is 51.9 cm³/mol. The average molecular weight is 198 g/mol. The fourth-order valence-electron chi connectivity index (χ4n) is 2.72. The normalized spacial score (nSPS) is 40.6. The molecule has 3 heteroatoms. The largest absolute Gasteiger partial charge is 0.481 e. The molecule has 0 unspecified atom stereocenters. The molecule has 0 aromatic carbocycles. The van der Waals surface area contributed by atoms with E-state index in [0.29, 0.717) is 31.6 Å². The molecule has 2 aliphatic rings. The van der Waals surface area contributed by atoms with Crippen LogP contribution in [0.4, 0.5) is 0 Å². The lowest BCUT2D eigenvalue weighted by molar-refractivity contribution is -0.160. The molecule has 0 amide bonds. The Balaban J connectivity index is 2.13. The minimum Gasteiger partial charge on any atom is -0.481 e. The number of hydrogen-bond acceptors (Lipinski definition) is 2. The SMILES string of the molecule is CC1CCC(O)(C2(C(=O)O)CC2)CC1. The van der Waals surface area contributed by atoms with Gasteiger partial charge in [-0.2, -0.15) is 0 Å². The monoisotopic (exact) mass is 198 g/mol. The second kappa shape index (κ2) is 2.96. The highest BCUT2D eigenvalue weighted by atomic mass is 16.4. The topological polar surface area (TPSA) is 57.5 Å². The molecule has 2 N–H and O–H groups in total. The summed E-state index contributed by atoms with van der Waals surface area (Å²) < 4.78 is 0. The summed E-state index contributed by atoms with van der Waals surface area (Å²) in [5.74, 6) is -0.158. The van der Waals surface area contributed by atoms with Gasteiger partial charge in [0, 0.05) is 0 Å². The summed E-state index contributed by atoms with van der Waals surface area (Å²) in [5.41, 5.74) is -1.70. The first-order valence-electron chi connectivity index (χ1n) is 5.46. The Kier molecular flexibility index (Phi) is 2.11. The minimum absolute atomic E-state index is 0.639. The van der Waals surface area contributed by atoms with Crippen molar-refractivity contribution in [2.75, 3.05) is 0 Å². The molecule has 3 nitrogen and oxygen atoms in total. The molecule has 2 fully saturated rings. The molecule has 0 spiro atoms. The van der Waals surface area contributed by atoms with Gasteiger partial charge in [-0.3, -0.25) is 4.79 Å². The highest BCUT2D eigenvalue weighted by molar-refractivity contribution is 5.79. The Labute approximate surface area is 84.1 Å². The average Bonchev–Trinajstić information content (AvgIpc) is 2.91. The Morgan fingerprint density at radius 2 is 1.71 bits per heavy atom. The Morgan fingerprint density at radius 1 is 1.21 bits per heavy atom. The molecule has 0 radical (unpaired) electrons. The third-order valence-electron chi connectivity index (χ3n) is 4.15. The molecule has 0 atom stereocenters. The van der Waals surface area contributed by atoms with Gasteiger partial charge >= 0.3 is 5.97 Å². The first kappa shape index (κ1) is 9.97. The zero-order valence-electron chi connectivity index (χ0n) is 8.62. The molecule has 0 saturated heterocycles. The molecule has 14 heavy (non-hydrogen) atoms. The van der Waals surface area contributed by atoms with Crippen molar-refractivity contribution in [2.45, 2.75) is 51.0 Å². The summed E-state index contributed by atoms with van der Waals surface area (Å²) in [4.78, 5) is 11.1. The van der Waals surface area contributed by atoms with Gasteiger partial charge in [0.15, 0.2) is 0 Å². The summed E-state index contributed by atoms with van der Waals surface area (Å²) in [5, 5.41) is 19.5. The molecule has 0 aromatic heterocycles. The van der Waals surface area contributed by atoms with Crippen LogP contribution in [-0.4, -0.2) is 21.8 Å². The smallest absolute Gasteiger partial charge is 0.312 e. The van der Waals surface area contributed by atoms with Crippen LogP contribution in [-0.2, 0) is 4.79 Å². The van der Waals surface area contributed by atoms with Crippen LogP contribution in [0, 0.1) is 11.3 Å². The van der Waals surface area contributed by atoms with Crippen LogP contribution in [0.1, 0.15) is 45.4 Å². The number of aliphatic hydroxyl groups is 1. The maximum Gasteiger partial charge on any atom is 0.312 e. The minimum atomic E-state index is -0.911. The number of carbonyl (C=O) groups is 1. The molecule has 0 heterocycles. The van der Waals surface area contributed by atoms with Crippen molar-refractivity contribution in [1.29, 1.82) is 0 Å². The maximum atomic E-state index is 11.1. The van der Waals surface area contributed by atoms with Gasteiger partial charge in [0.2, 0.25) is 0 Å². The van der Waals surface area contributed by atoms with Gasteiger partial charge in [-0.15, -0.1) is 0 Å². The van der Waals surface area contributed by atoms with Crippen LogP contribution >= 0.6 is 0 Å². The lowest BCUT2D eigenvalue weighted by Crippen LogP contribution is -2.46. The van der Waals surface area contributed by atoms with Gasteiger partial charge in [0.05, 0.1) is 11.0 Å². The predicted octanol–water partition coefficient (Wildman–Crippen LogP) is 1.79. The number of rotatable bonds is 2. The molecule has 2 aliphatic carbocycles. The zero-order chi connectivity index (χ0) is 10.4. The summed E-state index contributed by atoms with van der Waals surface area (Å²) in [6, 6.07) is 0. The standard InChI is InChI=1S/C11H18O3/c1-8-2-4-11(14,5-3-8)10(6-7-10)9(12)13/h8,14H,2-7H2,1H3,(H,12,13). The number of carboxylic acids is 1. The van der Waals surface area contributed by atoms with Crippen LogP contribution in [0.15, 0.2) is 0 Å². The zero-order valence-corrected chi connectivity index (χ0v) is 8.62. The fraction of sp³-hybridized carbons (Fsp3) is 0.909. The lowest BCUT2D eigenvalue weighted by Gasteiger charge is -2.39. The van der Waals surface area contributed by atoms with Crippen LogP contribution in [0.5, 0.6) is 0 Å². The molecule has 0 aromatic rings. The van der Waals surface area contributed by atoms with Gasteiger partial charge in [0.25, 0.3) is 0 Å². The van der Waals surface area contributed by atoms with E-state index in [1.54, 1.807) is 0 Å². The van der Waals surface area contributed by atoms with E-state index < -0.39 is 17.0 Å². The van der Waals surface area contributed by atoms with Crippen molar-refractivity contribution in [1.82, 2.24) is 0 Å². The maximum absolute atomic E-state index is 11.1. The van der Waals surface area contributed by atoms with Gasteiger partial charge in [-0.05, 0) is 44.4 Å². The summed E-state index contributed by atoms with van der Waals surface area (Å²) in [6.07, 6.45) is 4.58. The Morgan fingerprint density at radius 3 is 2.07 bits per heavy atom. The van der Waals surface area contributed by atoms with E-state index in [1.807, 2.05) is 0 Å². The van der Waals surface area contributed by atoms with E-state index in [0.717, 1.165) is 12.8 Å². The summed E-state index contributed by atoms with van der Waals surface area (Å²) >= 11 is 0. The van der Waals surface area contributed by atoms with Crippen LogP contribution < -0.4 is 0 Å². The molecule has 0 bridgehead atoms. The van der Waals surface area contributed by atoms with Crippen LogP contribution in [0.3, 0.4) is 0 Å². The summed E-state index contributed by atoms with van der Waals surface area (Å²) in [6.45, 7) is 2.17. The second-order valence-corrected chi connectivity index (χ2v) is 5.10. The summed E-state index contributed by atoms with van der Waals surface area (Å²) in [7, 11) is 0. The van der Waals surface area contributed by atoms with Crippen LogP contribution in [0.25, 0.3) is 0 Å². The first-order chi connectivity index (χ1) is 6.50. The van der Waals surface area contributed by atoms with E-state index in [2.05, 4.69) is 6.92 Å². The van der Waals surface area contributed by atoms with E-state index in [-0.39, 0.29) is 0 Å². The molecular weight excluding hydrogens is 180 g/mol. The van der Waals surface area contributed by atoms with Gasteiger partial charge < -0.3 is 10.2 Å². The van der Waals surface area contributed by atoms with Gasteiger partial charge in [0.1, 0.15) is 0 Å². The van der Waals surface area contributed by atoms with Gasteiger partial charge in [-0.25, -0.2) is 0 Å². The second-order valence-electron chi connectivity index (χ2n) is 5.10. The first-order valence-corrected chi connectivity index (χ1v) is 5.46. The van der Waals surface area contributed by atoms with Crippen LogP contribution in [0.2, 0.25) is 0 Å². The third-order valence-corrected chi connectivity index (χ3v) is 4.15. The van der Waals surface area contributed by atoms with Crippen molar-refractivity contribution in [3.05, 3.63) is 0 Å². The van der Waals surface area contributed by atoms with Crippen molar-refractivity contribution in [2.24, 2.45) is 11.3 Å². The van der Waals surface area contributed by atoms with E-state index >= 15 is 0 Å². The molecule has 2 rings (SSSR count). The number of aliphatic carboxylic acids is 1. The van der Waals surface area contributed by atoms with Gasteiger partial charge in [-0.1, -0.05) is 6.92 Å². The molecule has 80 valence electrons. The van der Waals surface area contributed by atoms with E-state index in [4.69, 9.17) is 5.11 Å². The molecule has 0 aliphatic heterocycles. The third kappa shape index (κ3) is 1.26.